The van der Waals surface area contributed by atoms with E-state index >= 15 is 0 Å². The molecule has 31 heavy (non-hydrogen) atoms. The van der Waals surface area contributed by atoms with E-state index in [1.54, 1.807) is 36.8 Å². The predicted octanol–water partition coefficient (Wildman–Crippen LogP) is 5.96. The first kappa shape index (κ1) is 20.8. The summed E-state index contributed by atoms with van der Waals surface area (Å²) in [6.07, 6.45) is 1.70. The van der Waals surface area contributed by atoms with Gasteiger partial charge in [-0.1, -0.05) is 35.6 Å². The third kappa shape index (κ3) is 5.02. The summed E-state index contributed by atoms with van der Waals surface area (Å²) in [5.74, 6) is 1.19. The molecule has 0 unspecified atom stereocenters. The van der Waals surface area contributed by atoms with E-state index in [0.29, 0.717) is 23.7 Å². The van der Waals surface area contributed by atoms with E-state index in [4.69, 9.17) is 14.7 Å². The highest BCUT2D eigenvalue weighted by molar-refractivity contribution is 9.10. The molecule has 1 aromatic heterocycles. The molecule has 154 valence electrons. The number of thiazole rings is 1. The fourth-order valence-electron chi connectivity index (χ4n) is 2.87. The lowest BCUT2D eigenvalue weighted by atomic mass is 10.1. The average molecular weight is 493 g/mol. The standard InChI is InChI=1S/C23H17BrN4O2S/c1-29-20-11-17(13-26-28-23-27-19-4-2-3-5-21(19)31-23)10-18(24)22(20)30-14-16-8-6-15(12-25)7-9-16/h2-11,13H,14H2,1H3,(H,27,28)/b26-13-. The van der Waals surface area contributed by atoms with Crippen molar-refractivity contribution in [2.24, 2.45) is 5.10 Å². The average Bonchev–Trinajstić information content (AvgIpc) is 3.21. The number of ether oxygens (including phenoxy) is 2. The van der Waals surface area contributed by atoms with E-state index in [-0.39, 0.29) is 0 Å². The van der Waals surface area contributed by atoms with Crippen LogP contribution in [0.2, 0.25) is 0 Å². The molecule has 8 heteroatoms. The molecule has 1 heterocycles. The normalized spacial score (nSPS) is 10.9. The molecule has 0 aliphatic carbocycles. The zero-order chi connectivity index (χ0) is 21.6. The zero-order valence-electron chi connectivity index (χ0n) is 16.5. The summed E-state index contributed by atoms with van der Waals surface area (Å²) in [7, 11) is 1.59. The van der Waals surface area contributed by atoms with Crippen LogP contribution in [-0.4, -0.2) is 18.3 Å². The lowest BCUT2D eigenvalue weighted by molar-refractivity contribution is 0.282. The van der Waals surface area contributed by atoms with Crippen LogP contribution in [0.1, 0.15) is 16.7 Å². The maximum absolute atomic E-state index is 8.90. The highest BCUT2D eigenvalue weighted by Gasteiger charge is 2.12. The lowest BCUT2D eigenvalue weighted by Crippen LogP contribution is -2.00. The molecule has 0 bridgehead atoms. The first-order valence-corrected chi connectivity index (χ1v) is 10.9. The summed E-state index contributed by atoms with van der Waals surface area (Å²) in [6, 6.07) is 21.1. The minimum Gasteiger partial charge on any atom is -0.493 e. The largest absolute Gasteiger partial charge is 0.493 e. The number of halogens is 1. The van der Waals surface area contributed by atoms with Crippen LogP contribution >= 0.6 is 27.3 Å². The zero-order valence-corrected chi connectivity index (χ0v) is 18.9. The number of fused-ring (bicyclic) bond motifs is 1. The number of nitriles is 1. The van der Waals surface area contributed by atoms with Gasteiger partial charge in [-0.25, -0.2) is 4.98 Å². The Kier molecular flexibility index (Phi) is 6.46. The van der Waals surface area contributed by atoms with Gasteiger partial charge in [-0.05, 0) is 63.5 Å². The van der Waals surface area contributed by atoms with Crippen molar-refractivity contribution < 1.29 is 9.47 Å². The summed E-state index contributed by atoms with van der Waals surface area (Å²) in [5, 5.41) is 13.9. The fraction of sp³-hybridized carbons (Fsp3) is 0.0870. The van der Waals surface area contributed by atoms with Gasteiger partial charge < -0.3 is 9.47 Å². The van der Waals surface area contributed by atoms with Gasteiger partial charge in [0.05, 0.1) is 39.6 Å². The van der Waals surface area contributed by atoms with Gasteiger partial charge in [0.15, 0.2) is 11.5 Å². The van der Waals surface area contributed by atoms with Gasteiger partial charge in [0.25, 0.3) is 0 Å². The molecule has 0 aliphatic heterocycles. The van der Waals surface area contributed by atoms with Crippen molar-refractivity contribution in [2.45, 2.75) is 6.61 Å². The number of benzene rings is 3. The van der Waals surface area contributed by atoms with E-state index in [1.165, 1.54) is 0 Å². The van der Waals surface area contributed by atoms with Crippen molar-refractivity contribution in [3.8, 4) is 17.6 Å². The minimum absolute atomic E-state index is 0.354. The number of hydrogen-bond donors (Lipinski definition) is 1. The monoisotopic (exact) mass is 492 g/mol. The number of anilines is 1. The van der Waals surface area contributed by atoms with E-state index in [0.717, 1.165) is 30.9 Å². The third-order valence-electron chi connectivity index (χ3n) is 4.39. The number of para-hydroxylation sites is 1. The summed E-state index contributed by atoms with van der Waals surface area (Å²) in [6.45, 7) is 0.354. The summed E-state index contributed by atoms with van der Waals surface area (Å²) >= 11 is 5.10. The smallest absolute Gasteiger partial charge is 0.204 e. The highest BCUT2D eigenvalue weighted by Crippen LogP contribution is 2.37. The van der Waals surface area contributed by atoms with Gasteiger partial charge in [0.2, 0.25) is 5.13 Å². The van der Waals surface area contributed by atoms with Crippen molar-refractivity contribution in [3.05, 3.63) is 81.8 Å². The molecule has 0 radical (unpaired) electrons. The number of nitrogens with one attached hydrogen (secondary N) is 1. The molecular formula is C23H17BrN4O2S. The lowest BCUT2D eigenvalue weighted by Gasteiger charge is -2.13. The number of hydrazone groups is 1. The predicted molar refractivity (Wildman–Crippen MR) is 127 cm³/mol. The number of hydrogen-bond acceptors (Lipinski definition) is 7. The summed E-state index contributed by atoms with van der Waals surface area (Å²) in [5.41, 5.74) is 6.33. The molecule has 3 aromatic carbocycles. The summed E-state index contributed by atoms with van der Waals surface area (Å²) in [4.78, 5) is 4.50. The van der Waals surface area contributed by atoms with Crippen molar-refractivity contribution >= 4 is 48.8 Å². The molecule has 0 saturated heterocycles. The Hall–Kier alpha value is -3.41. The SMILES string of the molecule is COc1cc(/C=N\Nc2nc3ccccc3s2)cc(Br)c1OCc1ccc(C#N)cc1. The second-order valence-electron chi connectivity index (χ2n) is 6.49. The molecule has 4 aromatic rings. The third-order valence-corrected chi connectivity index (χ3v) is 5.92. The number of aromatic nitrogens is 1. The van der Waals surface area contributed by atoms with E-state index in [1.807, 2.05) is 48.5 Å². The fourth-order valence-corrected chi connectivity index (χ4v) is 4.26. The van der Waals surface area contributed by atoms with E-state index in [2.05, 4.69) is 37.5 Å². The maximum Gasteiger partial charge on any atom is 0.204 e. The van der Waals surface area contributed by atoms with Crippen molar-refractivity contribution in [1.29, 1.82) is 5.26 Å². The van der Waals surface area contributed by atoms with Crippen LogP contribution < -0.4 is 14.9 Å². The Bertz CT molecular complexity index is 1250. The first-order chi connectivity index (χ1) is 15.2. The highest BCUT2D eigenvalue weighted by atomic mass is 79.9. The molecule has 0 fully saturated rings. The molecule has 0 spiro atoms. The molecule has 1 N–H and O–H groups in total. The number of rotatable bonds is 7. The Balaban J connectivity index is 1.45. The maximum atomic E-state index is 8.90. The Morgan fingerprint density at radius 1 is 1.19 bits per heavy atom. The van der Waals surface area contributed by atoms with Crippen LogP contribution in [-0.2, 0) is 6.61 Å². The Morgan fingerprint density at radius 3 is 2.74 bits per heavy atom. The molecule has 0 atom stereocenters. The van der Waals surface area contributed by atoms with E-state index < -0.39 is 0 Å². The van der Waals surface area contributed by atoms with Crippen LogP contribution in [0.15, 0.2) is 70.2 Å². The molecular weight excluding hydrogens is 476 g/mol. The summed E-state index contributed by atoms with van der Waals surface area (Å²) < 4.78 is 13.3. The second kappa shape index (κ2) is 9.60. The van der Waals surface area contributed by atoms with E-state index in [9.17, 15) is 0 Å². The first-order valence-electron chi connectivity index (χ1n) is 9.30. The van der Waals surface area contributed by atoms with Gasteiger partial charge >= 0.3 is 0 Å². The van der Waals surface area contributed by atoms with Crippen molar-refractivity contribution in [3.63, 3.8) is 0 Å². The number of methoxy groups -OCH3 is 1. The molecule has 4 rings (SSSR count). The molecule has 6 nitrogen and oxygen atoms in total. The van der Waals surface area contributed by atoms with Crippen LogP contribution in [0, 0.1) is 11.3 Å². The van der Waals surface area contributed by atoms with Crippen LogP contribution in [0.4, 0.5) is 5.13 Å². The van der Waals surface area contributed by atoms with Gasteiger partial charge in [-0.15, -0.1) is 0 Å². The minimum atomic E-state index is 0.354. The van der Waals surface area contributed by atoms with Crippen molar-refractivity contribution in [1.82, 2.24) is 4.98 Å². The van der Waals surface area contributed by atoms with Gasteiger partial charge in [0, 0.05) is 0 Å². The second-order valence-corrected chi connectivity index (χ2v) is 8.37. The Morgan fingerprint density at radius 2 is 2.00 bits per heavy atom. The quantitative estimate of drug-likeness (QED) is 0.254. The van der Waals surface area contributed by atoms with Crippen LogP contribution in [0.5, 0.6) is 11.5 Å². The van der Waals surface area contributed by atoms with Crippen LogP contribution in [0.25, 0.3) is 10.2 Å². The van der Waals surface area contributed by atoms with Crippen LogP contribution in [0.3, 0.4) is 0 Å². The van der Waals surface area contributed by atoms with Gasteiger partial charge in [-0.2, -0.15) is 10.4 Å². The molecule has 0 aliphatic rings. The van der Waals surface area contributed by atoms with Gasteiger partial charge in [0.1, 0.15) is 6.61 Å². The molecule has 0 amide bonds. The topological polar surface area (TPSA) is 79.5 Å². The molecule has 0 saturated carbocycles. The Labute approximate surface area is 191 Å². The van der Waals surface area contributed by atoms with Gasteiger partial charge in [-0.3, -0.25) is 5.43 Å². The van der Waals surface area contributed by atoms with Crippen molar-refractivity contribution in [2.75, 3.05) is 12.5 Å². The number of nitrogens with zero attached hydrogens (tertiary/aromatic N) is 3.